The number of carbonyl (C=O) groups is 10. The van der Waals surface area contributed by atoms with E-state index in [1.165, 1.54) is 12.1 Å². The first-order valence-corrected chi connectivity index (χ1v) is 28.7. The molecule has 2 unspecified atom stereocenters. The number of nitrogens with zero attached hydrogens (tertiary/aromatic N) is 5. The first-order chi connectivity index (χ1) is 39.6. The van der Waals surface area contributed by atoms with Crippen LogP contribution in [-0.2, 0) is 51.4 Å². The molecule has 2 aromatic heterocycles. The van der Waals surface area contributed by atoms with Gasteiger partial charge in [0.15, 0.2) is 0 Å². The lowest BCUT2D eigenvalue weighted by molar-refractivity contribution is -0.168. The third-order valence-electron chi connectivity index (χ3n) is 11.4. The van der Waals surface area contributed by atoms with E-state index in [0.29, 0.717) is 77.2 Å². The molecule has 8 amide bonds. The van der Waals surface area contributed by atoms with Crippen LogP contribution in [-0.4, -0.2) is 179 Å². The molecule has 472 valence electrons. The monoisotopic (exact) mass is 1220 g/mol. The minimum atomic E-state index is -1.04. The standard InChI is InChI=1S/C22H40N6O8.C20H26N4O4.C12H23N3O3S2/c1-16(2)22(33)23-12-6-5-7-13-26(34)20(31)10-8-17(3)24-14-28(36)21(32)11-9-19(30)25-15-27(35)18(4)29;1-13(2)9-16(22-12-15-6-4-8-18(24-15)20(27)28)11-21-10-14-5-3-7-17(23-14)19(25)26;1-8(2)14-10(16)4-3-9(15-12(18)7-20)5-13-11(17)6-19/h16,24,34-36H,3,5-15H2,1-2,4H3,(H,23,33)(H,25,30);3-8,13,16,21-22H,9-12H2,1-2H3,(H,25,26)(H,27,28);8-9,19-20H,3-7H2,1-2H3,(H,13,17)(H,14,16)(H,15,18). The number of pyridine rings is 2. The number of carboxylic acid groups (broad SMARTS) is 2. The topological polar surface area (TPSA) is 404 Å². The summed E-state index contributed by atoms with van der Waals surface area (Å²) in [6.07, 6.45) is 3.25. The zero-order chi connectivity index (χ0) is 63.7. The molecule has 0 aromatic carbocycles. The Morgan fingerprint density at radius 2 is 1.17 bits per heavy atom. The predicted octanol–water partition coefficient (Wildman–Crippen LogP) is 2.22. The van der Waals surface area contributed by atoms with Crippen molar-refractivity contribution in [2.75, 3.05) is 51.0 Å². The van der Waals surface area contributed by atoms with Gasteiger partial charge in [-0.1, -0.05) is 46.4 Å². The molecule has 0 spiro atoms. The zero-order valence-electron chi connectivity index (χ0n) is 49.1. The Balaban J connectivity index is 0.00000128. The number of nitrogens with one attached hydrogen (secondary N) is 8. The summed E-state index contributed by atoms with van der Waals surface area (Å²) < 4.78 is 0. The molecule has 13 N–H and O–H groups in total. The van der Waals surface area contributed by atoms with Crippen molar-refractivity contribution in [3.63, 3.8) is 0 Å². The van der Waals surface area contributed by atoms with Crippen LogP contribution in [0.3, 0.4) is 0 Å². The number of aromatic carboxylic acids is 2. The second kappa shape index (κ2) is 44.5. The molecule has 0 saturated carbocycles. The lowest BCUT2D eigenvalue weighted by Gasteiger charge is -2.21. The lowest BCUT2D eigenvalue weighted by atomic mass is 10.0. The van der Waals surface area contributed by atoms with Crippen molar-refractivity contribution in [2.45, 2.75) is 144 Å². The number of hydrogen-bond donors (Lipinski definition) is 15. The van der Waals surface area contributed by atoms with Gasteiger partial charge in [0.25, 0.3) is 0 Å². The third-order valence-corrected chi connectivity index (χ3v) is 11.9. The molecule has 0 aliphatic rings. The number of rotatable bonds is 38. The van der Waals surface area contributed by atoms with E-state index < -0.39 is 42.2 Å². The molecule has 2 heterocycles. The molecule has 2 atom stereocenters. The second-order valence-corrected chi connectivity index (χ2v) is 20.7. The molecule has 0 saturated heterocycles. The fourth-order valence-electron chi connectivity index (χ4n) is 6.88. The van der Waals surface area contributed by atoms with Gasteiger partial charge in [-0.2, -0.15) is 25.3 Å². The van der Waals surface area contributed by atoms with E-state index in [-0.39, 0.29) is 122 Å². The molecule has 84 heavy (non-hydrogen) atoms. The maximum atomic E-state index is 12.0. The summed E-state index contributed by atoms with van der Waals surface area (Å²) in [5, 5.41) is 70.7. The van der Waals surface area contributed by atoms with E-state index in [2.05, 4.69) is 98.2 Å². The van der Waals surface area contributed by atoms with Crippen LogP contribution in [0.2, 0.25) is 0 Å². The molecule has 30 heteroatoms. The Labute approximate surface area is 502 Å². The van der Waals surface area contributed by atoms with Crippen LogP contribution in [0.25, 0.3) is 0 Å². The van der Waals surface area contributed by atoms with Crippen molar-refractivity contribution in [3.05, 3.63) is 71.4 Å². The second-order valence-electron chi connectivity index (χ2n) is 20.1. The molecule has 0 aliphatic heterocycles. The largest absolute Gasteiger partial charge is 0.477 e. The van der Waals surface area contributed by atoms with Gasteiger partial charge in [-0.3, -0.25) is 54.0 Å². The molecule has 28 nitrogen and oxygen atoms in total. The summed E-state index contributed by atoms with van der Waals surface area (Å²) in [4.78, 5) is 122. The van der Waals surface area contributed by atoms with Gasteiger partial charge in [-0.15, -0.1) is 0 Å². The molecule has 0 aliphatic carbocycles. The van der Waals surface area contributed by atoms with Crippen molar-refractivity contribution in [2.24, 2.45) is 11.8 Å². The maximum Gasteiger partial charge on any atom is 0.354 e. The van der Waals surface area contributed by atoms with E-state index in [9.17, 15) is 58.4 Å². The third kappa shape index (κ3) is 38.7. The van der Waals surface area contributed by atoms with Crippen molar-refractivity contribution in [3.8, 4) is 0 Å². The van der Waals surface area contributed by atoms with E-state index in [1.807, 2.05) is 27.7 Å². The summed E-state index contributed by atoms with van der Waals surface area (Å²) >= 11 is 7.73. The Bertz CT molecular complexity index is 2400. The first kappa shape index (κ1) is 77.0. The molecule has 2 rings (SSSR count). The van der Waals surface area contributed by atoms with E-state index in [1.54, 1.807) is 24.3 Å². The fourth-order valence-corrected chi connectivity index (χ4v) is 7.09. The highest BCUT2D eigenvalue weighted by Gasteiger charge is 2.18. The fraction of sp³-hybridized carbons (Fsp3) is 0.593. The number of carbonyl (C=O) groups excluding carboxylic acids is 8. The minimum absolute atomic E-state index is 0.0126. The van der Waals surface area contributed by atoms with Crippen molar-refractivity contribution < 1.29 is 73.8 Å². The van der Waals surface area contributed by atoms with E-state index in [4.69, 9.17) is 15.4 Å². The number of hydroxylamine groups is 6. The molecule has 0 fully saturated rings. The highest BCUT2D eigenvalue weighted by atomic mass is 32.1. The van der Waals surface area contributed by atoms with Gasteiger partial charge >= 0.3 is 11.9 Å². The highest BCUT2D eigenvalue weighted by Crippen LogP contribution is 2.09. The Morgan fingerprint density at radius 1 is 0.595 bits per heavy atom. The van der Waals surface area contributed by atoms with Gasteiger partial charge in [0.05, 0.1) is 22.9 Å². The number of hydrogen-bond acceptors (Lipinski definition) is 20. The van der Waals surface area contributed by atoms with Crippen LogP contribution in [0.5, 0.6) is 0 Å². The van der Waals surface area contributed by atoms with Crippen LogP contribution in [0.1, 0.15) is 145 Å². The average molecular weight is 1220 g/mol. The van der Waals surface area contributed by atoms with Gasteiger partial charge in [-0.25, -0.2) is 34.7 Å². The predicted molar refractivity (Wildman–Crippen MR) is 316 cm³/mol. The van der Waals surface area contributed by atoms with Gasteiger partial charge in [-0.05, 0) is 82.6 Å². The number of allylic oxidation sites excluding steroid dienone is 1. The number of aromatic nitrogens is 2. The van der Waals surface area contributed by atoms with E-state index in [0.717, 1.165) is 26.2 Å². The zero-order valence-corrected chi connectivity index (χ0v) is 50.9. The Kier molecular flexibility index (Phi) is 40.9. The van der Waals surface area contributed by atoms with Gasteiger partial charge in [0, 0.05) is 102 Å². The Hall–Kier alpha value is -6.96. The van der Waals surface area contributed by atoms with Crippen LogP contribution < -0.4 is 42.5 Å². The van der Waals surface area contributed by atoms with E-state index >= 15 is 0 Å². The first-order valence-electron chi connectivity index (χ1n) is 27.4. The van der Waals surface area contributed by atoms with Crippen LogP contribution >= 0.6 is 25.3 Å². The van der Waals surface area contributed by atoms with Crippen molar-refractivity contribution >= 4 is 84.5 Å². The van der Waals surface area contributed by atoms with Crippen LogP contribution in [0.15, 0.2) is 48.7 Å². The van der Waals surface area contributed by atoms with Gasteiger partial charge < -0.3 is 52.7 Å². The minimum Gasteiger partial charge on any atom is -0.477 e. The van der Waals surface area contributed by atoms with Crippen molar-refractivity contribution in [1.82, 2.24) is 67.7 Å². The summed E-state index contributed by atoms with van der Waals surface area (Å²) in [6, 6.07) is 9.81. The van der Waals surface area contributed by atoms with Gasteiger partial charge in [0.2, 0.25) is 47.3 Å². The van der Waals surface area contributed by atoms with Crippen LogP contribution in [0, 0.1) is 11.8 Å². The van der Waals surface area contributed by atoms with Crippen molar-refractivity contribution in [1.29, 1.82) is 0 Å². The summed E-state index contributed by atoms with van der Waals surface area (Å²) in [7, 11) is 0. The molecule has 0 bridgehead atoms. The molecule has 2 aromatic rings. The molecular formula is C54H89N13O15S2. The highest BCUT2D eigenvalue weighted by molar-refractivity contribution is 7.81. The average Bonchev–Trinajstić information content (AvgIpc) is 3.49. The normalized spacial score (nSPS) is 11.3. The quantitative estimate of drug-likeness (QED) is 0.0151. The van der Waals surface area contributed by atoms with Crippen LogP contribution in [0.4, 0.5) is 0 Å². The summed E-state index contributed by atoms with van der Waals surface area (Å²) in [5.41, 5.74) is 1.75. The number of carboxylic acids is 2. The lowest BCUT2D eigenvalue weighted by Crippen LogP contribution is -2.45. The molecule has 0 radical (unpaired) electrons. The summed E-state index contributed by atoms with van der Waals surface area (Å²) in [6.45, 7) is 18.3. The molecular weight excluding hydrogens is 1130 g/mol. The SMILES string of the molecule is C=C(CCC(=O)N(O)CCCCCNC(=O)C(C)C)NCN(O)C(=O)CCC(=O)NCN(O)C(C)=O.CC(C)CC(CNCc1cccc(C(=O)O)n1)NCc1cccc(C(=O)O)n1.CC(C)NC(=O)CCC(CNC(=O)CS)NC(=O)CS. The Morgan fingerprint density at radius 3 is 1.71 bits per heavy atom. The maximum absolute atomic E-state index is 12.0. The summed E-state index contributed by atoms with van der Waals surface area (Å²) in [5.74, 6) is -4.58. The smallest absolute Gasteiger partial charge is 0.354 e. The number of unbranched alkanes of at least 4 members (excludes halogenated alkanes) is 2. The van der Waals surface area contributed by atoms with Gasteiger partial charge in [0.1, 0.15) is 24.7 Å². The number of amides is 8. The number of thiol groups is 2.